The largest absolute Gasteiger partial charge is 0.489 e. The first-order valence-electron chi connectivity index (χ1n) is 12.4. The van der Waals surface area contributed by atoms with E-state index in [1.165, 1.54) is 12.2 Å². The molecule has 0 heterocycles. The molecule has 0 aliphatic carbocycles. The summed E-state index contributed by atoms with van der Waals surface area (Å²) >= 11 is 3.50. The maximum absolute atomic E-state index is 13.6. The molecule has 0 aromatic heterocycles. The Morgan fingerprint density at radius 2 is 1.62 bits per heavy atom. The van der Waals surface area contributed by atoms with E-state index in [1.807, 2.05) is 72.8 Å². The fraction of sp³-hybridized carbons (Fsp3) is 0.367. The van der Waals surface area contributed by atoms with Gasteiger partial charge in [0, 0.05) is 11.5 Å². The van der Waals surface area contributed by atoms with Gasteiger partial charge in [-0.15, -0.1) is 0 Å². The van der Waals surface area contributed by atoms with Crippen molar-refractivity contribution in [3.8, 4) is 5.75 Å². The molecule has 0 aliphatic rings. The predicted octanol–water partition coefficient (Wildman–Crippen LogP) is 7.70. The second kappa shape index (κ2) is 12.4. The zero-order valence-corrected chi connectivity index (χ0v) is 25.5. The zero-order valence-electron chi connectivity index (χ0n) is 22.9. The zero-order chi connectivity index (χ0) is 27.2. The molecule has 1 atom stereocenters. The van der Waals surface area contributed by atoms with E-state index in [2.05, 4.69) is 49.8 Å². The van der Waals surface area contributed by atoms with Crippen LogP contribution in [-0.2, 0) is 27.3 Å². The number of hydroxylamine groups is 2. The number of carbonyl (C=O) groups is 1. The molecule has 0 bridgehead atoms. The smallest absolute Gasteiger partial charge is 0.257 e. The van der Waals surface area contributed by atoms with E-state index in [0.717, 1.165) is 32.5 Å². The maximum Gasteiger partial charge on any atom is 0.257 e. The van der Waals surface area contributed by atoms with Crippen LogP contribution in [0.4, 0.5) is 0 Å². The molecule has 0 fully saturated rings. The predicted molar refractivity (Wildman–Crippen MR) is 155 cm³/mol. The molecule has 1 unspecified atom stereocenters. The highest BCUT2D eigenvalue weighted by Crippen LogP contribution is 2.39. The van der Waals surface area contributed by atoms with Crippen molar-refractivity contribution >= 4 is 30.2 Å². The summed E-state index contributed by atoms with van der Waals surface area (Å²) in [6, 6.07) is 23.8. The number of hydrogen-bond acceptors (Lipinski definition) is 4. The summed E-state index contributed by atoms with van der Waals surface area (Å²) in [6.07, 6.45) is 0. The van der Waals surface area contributed by atoms with Crippen molar-refractivity contribution < 1.29 is 18.8 Å². The first-order valence-corrected chi connectivity index (χ1v) is 16.1. The van der Waals surface area contributed by atoms with E-state index in [9.17, 15) is 4.79 Å². The fourth-order valence-electron chi connectivity index (χ4n) is 3.68. The third kappa shape index (κ3) is 7.54. The number of carbonyl (C=O) groups excluding carboxylic acids is 1. The molecule has 0 spiro atoms. The molecule has 0 radical (unpaired) electrons. The Balaban J connectivity index is 2.04. The van der Waals surface area contributed by atoms with Crippen LogP contribution >= 0.6 is 15.9 Å². The number of rotatable bonds is 10. The van der Waals surface area contributed by atoms with Crippen LogP contribution in [-0.4, -0.2) is 33.4 Å². The molecule has 1 amide bonds. The van der Waals surface area contributed by atoms with Crippen molar-refractivity contribution in [2.75, 3.05) is 14.2 Å². The summed E-state index contributed by atoms with van der Waals surface area (Å²) in [5, 5.41) is 1.34. The van der Waals surface area contributed by atoms with Crippen LogP contribution in [0.25, 0.3) is 0 Å². The molecule has 3 aromatic rings. The minimum Gasteiger partial charge on any atom is -0.489 e. The molecular formula is C30H38BrNO4Si. The molecule has 0 aliphatic heterocycles. The Morgan fingerprint density at radius 3 is 2.22 bits per heavy atom. The van der Waals surface area contributed by atoms with Gasteiger partial charge in [-0.25, -0.2) is 5.06 Å². The molecule has 5 nitrogen and oxygen atoms in total. The van der Waals surface area contributed by atoms with E-state index in [1.54, 1.807) is 7.05 Å². The SMILES string of the molecule is CON(C)C(=O)C(c1ccc(Br)cc1)c1ccc(OCc2ccccc2)cc1CO[Si](C)(C)C(C)(C)C. The van der Waals surface area contributed by atoms with Crippen LogP contribution in [0.3, 0.4) is 0 Å². The van der Waals surface area contributed by atoms with Crippen molar-refractivity contribution in [1.29, 1.82) is 0 Å². The van der Waals surface area contributed by atoms with Gasteiger partial charge in [-0.3, -0.25) is 9.63 Å². The highest BCUT2D eigenvalue weighted by atomic mass is 79.9. The van der Waals surface area contributed by atoms with Crippen molar-refractivity contribution in [2.24, 2.45) is 0 Å². The second-order valence-electron chi connectivity index (χ2n) is 10.7. The number of ether oxygens (including phenoxy) is 1. The van der Waals surface area contributed by atoms with Gasteiger partial charge >= 0.3 is 0 Å². The number of amides is 1. The van der Waals surface area contributed by atoms with Gasteiger partial charge in [0.05, 0.1) is 19.6 Å². The normalized spacial score (nSPS) is 12.8. The average molecular weight is 585 g/mol. The lowest BCUT2D eigenvalue weighted by Crippen LogP contribution is -2.40. The van der Waals surface area contributed by atoms with Crippen LogP contribution in [0.1, 0.15) is 48.9 Å². The summed E-state index contributed by atoms with van der Waals surface area (Å²) in [6.45, 7) is 12.0. The lowest BCUT2D eigenvalue weighted by molar-refractivity contribution is -0.169. The molecule has 3 rings (SSSR count). The number of halogens is 1. The highest BCUT2D eigenvalue weighted by Gasteiger charge is 2.37. The van der Waals surface area contributed by atoms with Crippen molar-refractivity contribution in [2.45, 2.75) is 58.0 Å². The maximum atomic E-state index is 13.6. The molecule has 0 saturated heterocycles. The quantitative estimate of drug-likeness (QED) is 0.181. The summed E-state index contributed by atoms with van der Waals surface area (Å²) in [7, 11) is 1.09. The van der Waals surface area contributed by atoms with Gasteiger partial charge in [0.2, 0.25) is 0 Å². The first kappa shape index (κ1) is 29.1. The number of hydrogen-bond donors (Lipinski definition) is 0. The van der Waals surface area contributed by atoms with Gasteiger partial charge in [-0.2, -0.15) is 0 Å². The van der Waals surface area contributed by atoms with E-state index in [0.29, 0.717) is 13.2 Å². The molecule has 198 valence electrons. The van der Waals surface area contributed by atoms with Crippen LogP contribution < -0.4 is 4.74 Å². The van der Waals surface area contributed by atoms with Crippen LogP contribution in [0.15, 0.2) is 77.3 Å². The van der Waals surface area contributed by atoms with E-state index >= 15 is 0 Å². The van der Waals surface area contributed by atoms with E-state index in [4.69, 9.17) is 14.0 Å². The number of benzene rings is 3. The Kier molecular flexibility index (Phi) is 9.75. The van der Waals surface area contributed by atoms with Gasteiger partial charge in [0.25, 0.3) is 5.91 Å². The second-order valence-corrected chi connectivity index (χ2v) is 16.4. The molecule has 37 heavy (non-hydrogen) atoms. The molecule has 7 heteroatoms. The van der Waals surface area contributed by atoms with Crippen molar-refractivity contribution in [3.05, 3.63) is 99.5 Å². The third-order valence-electron chi connectivity index (χ3n) is 7.10. The van der Waals surface area contributed by atoms with Crippen LogP contribution in [0, 0.1) is 0 Å². The Bertz CT molecular complexity index is 1180. The highest BCUT2D eigenvalue weighted by molar-refractivity contribution is 9.10. The van der Waals surface area contributed by atoms with Crippen LogP contribution in [0.5, 0.6) is 5.75 Å². The Morgan fingerprint density at radius 1 is 0.973 bits per heavy atom. The van der Waals surface area contributed by atoms with E-state index < -0.39 is 14.2 Å². The molecule has 3 aromatic carbocycles. The monoisotopic (exact) mass is 583 g/mol. The first-order chi connectivity index (χ1) is 17.4. The van der Waals surface area contributed by atoms with E-state index in [-0.39, 0.29) is 10.9 Å². The summed E-state index contributed by atoms with van der Waals surface area (Å²) in [5.74, 6) is 0.0270. The van der Waals surface area contributed by atoms with Gasteiger partial charge < -0.3 is 9.16 Å². The third-order valence-corrected chi connectivity index (χ3v) is 12.1. The van der Waals surface area contributed by atoms with Gasteiger partial charge in [0.15, 0.2) is 8.32 Å². The summed E-state index contributed by atoms with van der Waals surface area (Å²) in [4.78, 5) is 18.9. The standard InChI is InChI=1S/C30H38BrNO4Si/c1-30(2,3)37(6,7)36-21-24-19-26(35-20-22-11-9-8-10-12-22)17-18-27(24)28(29(33)32(4)34-5)23-13-15-25(31)16-14-23/h8-19,28H,20-21H2,1-7H3. The Labute approximate surface area is 231 Å². The fourth-order valence-corrected chi connectivity index (χ4v) is 4.89. The average Bonchev–Trinajstić information content (AvgIpc) is 2.87. The molecule has 0 saturated carbocycles. The topological polar surface area (TPSA) is 48.0 Å². The molecule has 0 N–H and O–H groups in total. The van der Waals surface area contributed by atoms with Crippen LogP contribution in [0.2, 0.25) is 18.1 Å². The molecular weight excluding hydrogens is 546 g/mol. The lowest BCUT2D eigenvalue weighted by Gasteiger charge is -2.36. The van der Waals surface area contributed by atoms with Crippen molar-refractivity contribution in [1.82, 2.24) is 5.06 Å². The lowest BCUT2D eigenvalue weighted by atomic mass is 9.87. The van der Waals surface area contributed by atoms with Gasteiger partial charge in [-0.05, 0) is 64.7 Å². The minimum absolute atomic E-state index is 0.0613. The minimum atomic E-state index is -2.04. The Hall–Kier alpha value is -2.45. The summed E-state index contributed by atoms with van der Waals surface area (Å²) < 4.78 is 13.7. The van der Waals surface area contributed by atoms with Crippen molar-refractivity contribution in [3.63, 3.8) is 0 Å². The summed E-state index contributed by atoms with van der Waals surface area (Å²) in [5.41, 5.74) is 3.78. The number of likely N-dealkylation sites (N-methyl/N-ethyl adjacent to an activating group) is 1. The van der Waals surface area contributed by atoms with Gasteiger partial charge in [0.1, 0.15) is 12.4 Å². The van der Waals surface area contributed by atoms with Gasteiger partial charge in [-0.1, -0.05) is 85.2 Å². The number of nitrogens with zero attached hydrogens (tertiary/aromatic N) is 1.